The zero-order chi connectivity index (χ0) is 31.8. The highest BCUT2D eigenvalue weighted by Gasteiger charge is 2.19. The van der Waals surface area contributed by atoms with Crippen LogP contribution in [0.2, 0.25) is 0 Å². The van der Waals surface area contributed by atoms with Gasteiger partial charge in [-0.15, -0.1) is 0 Å². The van der Waals surface area contributed by atoms with Gasteiger partial charge in [-0.2, -0.15) is 0 Å². The number of rotatable bonds is 7. The molecule has 0 heterocycles. The summed E-state index contributed by atoms with van der Waals surface area (Å²) in [5.74, 6) is -3.96. The van der Waals surface area contributed by atoms with E-state index in [1.165, 1.54) is 24.3 Å². The normalized spacial score (nSPS) is 17.7. The Morgan fingerprint density at radius 1 is 1.00 bits per heavy atom. The number of carbonyl (C=O) groups is 2. The molecule has 5 heteroatoms. The van der Waals surface area contributed by atoms with E-state index in [4.69, 9.17) is 22.8 Å². The van der Waals surface area contributed by atoms with Crippen LogP contribution in [0.4, 0.5) is 5.69 Å². The zero-order valence-electron chi connectivity index (χ0n) is 27.1. The van der Waals surface area contributed by atoms with E-state index in [1.54, 1.807) is 12.1 Å². The minimum atomic E-state index is -2.88. The Balaban J connectivity index is 1.55. The summed E-state index contributed by atoms with van der Waals surface area (Å²) in [6, 6.07) is 20.9. The number of aryl methyl sites for hydroxylation is 2. The number of hydrogen-bond acceptors (Lipinski definition) is 4. The molecule has 34 heavy (non-hydrogen) atoms. The Morgan fingerprint density at radius 3 is 2.53 bits per heavy atom. The predicted octanol–water partition coefficient (Wildman–Crippen LogP) is 5.49. The monoisotopic (exact) mass is 461 g/mol. The van der Waals surface area contributed by atoms with E-state index in [0.717, 1.165) is 29.0 Å². The fourth-order valence-corrected chi connectivity index (χ4v) is 3.44. The van der Waals surface area contributed by atoms with E-state index in [-0.39, 0.29) is 16.7 Å². The van der Waals surface area contributed by atoms with Crippen LogP contribution in [0.5, 0.6) is 0 Å². The first-order chi connectivity index (χ1) is 20.0. The molecule has 0 unspecified atom stereocenters. The lowest BCUT2D eigenvalue weighted by Gasteiger charge is -2.16. The molecule has 3 N–H and O–H groups in total. The Hall–Kier alpha value is -3.96. The molecule has 0 saturated carbocycles. The Morgan fingerprint density at radius 2 is 1.79 bits per heavy atom. The van der Waals surface area contributed by atoms with Crippen LogP contribution in [0.1, 0.15) is 50.8 Å². The molecule has 172 valence electrons. The number of ether oxygens (including phenoxy) is 1. The number of esters is 1. The summed E-state index contributed by atoms with van der Waals surface area (Å²) in [5.41, 5.74) is 4.93. The van der Waals surface area contributed by atoms with Crippen molar-refractivity contribution in [3.8, 4) is 0 Å². The summed E-state index contributed by atoms with van der Waals surface area (Å²) in [4.78, 5) is 26.1. The molecule has 0 radical (unpaired) electrons. The Kier molecular flexibility index (Phi) is 4.35. The fraction of sp³-hybridized carbons (Fsp3) is 0.172. The maximum atomic E-state index is 13.2. The van der Waals surface area contributed by atoms with E-state index < -0.39 is 55.7 Å². The molecule has 0 aliphatic carbocycles. The third-order valence-corrected chi connectivity index (χ3v) is 5.22. The lowest BCUT2D eigenvalue weighted by molar-refractivity contribution is -0.117. The van der Waals surface area contributed by atoms with Gasteiger partial charge < -0.3 is 15.8 Å². The average molecular weight is 462 g/mol. The molecule has 0 aliphatic heterocycles. The van der Waals surface area contributed by atoms with Crippen molar-refractivity contribution in [3.05, 3.63) is 113 Å². The van der Waals surface area contributed by atoms with E-state index in [0.29, 0.717) is 5.69 Å². The topological polar surface area (TPSA) is 81.4 Å². The van der Waals surface area contributed by atoms with E-state index in [9.17, 15) is 9.59 Å². The molecule has 0 bridgehead atoms. The maximum Gasteiger partial charge on any atom is 0.338 e. The maximum absolute atomic E-state index is 13.2. The van der Waals surface area contributed by atoms with Gasteiger partial charge in [0.05, 0.1) is 14.2 Å². The molecular weight excluding hydrogens is 424 g/mol. The molecule has 4 aromatic rings. The highest BCUT2D eigenvalue weighted by Crippen LogP contribution is 2.22. The quantitative estimate of drug-likeness (QED) is 0.356. The minimum Gasteiger partial charge on any atom is -0.457 e. The fourth-order valence-electron chi connectivity index (χ4n) is 3.44. The van der Waals surface area contributed by atoms with Crippen LogP contribution in [-0.4, -0.2) is 18.4 Å². The van der Waals surface area contributed by atoms with E-state index in [1.807, 2.05) is 30.3 Å². The molecule has 1 amide bonds. The van der Waals surface area contributed by atoms with Gasteiger partial charge in [-0.05, 0) is 59.4 Å². The molecule has 0 aromatic heterocycles. The van der Waals surface area contributed by atoms with Crippen LogP contribution in [0.3, 0.4) is 0 Å². The van der Waals surface area contributed by atoms with Gasteiger partial charge in [0.1, 0.15) is 6.56 Å². The van der Waals surface area contributed by atoms with Gasteiger partial charge >= 0.3 is 5.97 Å². The summed E-state index contributed by atoms with van der Waals surface area (Å²) in [6.45, 7) is -8.65. The number of fused-ring (bicyclic) bond motifs is 1. The second-order valence-electron chi connectivity index (χ2n) is 7.53. The van der Waals surface area contributed by atoms with Crippen molar-refractivity contribution in [1.29, 1.82) is 0 Å². The number of nitrogens with one attached hydrogen (secondary N) is 1. The first-order valence-corrected chi connectivity index (χ1v) is 10.5. The van der Waals surface area contributed by atoms with Crippen molar-refractivity contribution in [1.82, 2.24) is 0 Å². The summed E-state index contributed by atoms with van der Waals surface area (Å²) in [6.07, 6.45) is 0. The molecular formula is C29H28N2O3. The van der Waals surface area contributed by atoms with Crippen molar-refractivity contribution in [2.24, 2.45) is 5.73 Å². The molecule has 5 nitrogen and oxygen atoms in total. The molecule has 1 atom stereocenters. The second-order valence-corrected chi connectivity index (χ2v) is 7.53. The average Bonchev–Trinajstić information content (AvgIpc) is 2.95. The largest absolute Gasteiger partial charge is 0.457 e. The standard InChI is InChI=1S/C29H28N2O3/c1-19-7-14-26(20(2)15-19)29(33)34-18-21-8-10-23(11-9-21)27(17-30)28(32)31-25-13-12-22-5-3-4-6-24(22)16-25/h3-16,27H,17-18,30H2,1-2H3,(H,31,32)/t27-/m0/s1/i1D3,2D3,18D2,27D. The van der Waals surface area contributed by atoms with Crippen LogP contribution < -0.4 is 11.1 Å². The number of anilines is 1. The van der Waals surface area contributed by atoms with Gasteiger partial charge in [-0.25, -0.2) is 4.79 Å². The Labute approximate surface area is 212 Å². The highest BCUT2D eigenvalue weighted by molar-refractivity contribution is 5.98. The molecule has 4 rings (SSSR count). The smallest absolute Gasteiger partial charge is 0.338 e. The van der Waals surface area contributed by atoms with Crippen LogP contribution in [0.15, 0.2) is 84.9 Å². The third kappa shape index (κ3) is 5.33. The summed E-state index contributed by atoms with van der Waals surface area (Å²) >= 11 is 0. The molecule has 0 aliphatic rings. The van der Waals surface area contributed by atoms with Gasteiger partial charge in [0, 0.05) is 21.8 Å². The number of amides is 1. The van der Waals surface area contributed by atoms with Crippen molar-refractivity contribution in [2.45, 2.75) is 26.2 Å². The van der Waals surface area contributed by atoms with Gasteiger partial charge in [0.15, 0.2) is 0 Å². The third-order valence-electron chi connectivity index (χ3n) is 5.22. The lowest BCUT2D eigenvalue weighted by atomic mass is 9.97. The molecule has 0 fully saturated rings. The minimum absolute atomic E-state index is 0.157. The first kappa shape index (κ1) is 14.3. The van der Waals surface area contributed by atoms with Crippen LogP contribution in [-0.2, 0) is 16.1 Å². The second kappa shape index (κ2) is 10.3. The van der Waals surface area contributed by atoms with Gasteiger partial charge in [-0.1, -0.05) is 72.3 Å². The summed E-state index contributed by atoms with van der Waals surface area (Å²) < 4.78 is 76.3. The molecule has 0 spiro atoms. The predicted molar refractivity (Wildman–Crippen MR) is 136 cm³/mol. The van der Waals surface area contributed by atoms with Gasteiger partial charge in [0.2, 0.25) is 5.91 Å². The van der Waals surface area contributed by atoms with E-state index >= 15 is 0 Å². The molecule has 4 aromatic carbocycles. The van der Waals surface area contributed by atoms with Crippen LogP contribution >= 0.6 is 0 Å². The first-order valence-electron chi connectivity index (χ1n) is 15.0. The summed E-state index contributed by atoms with van der Waals surface area (Å²) in [7, 11) is 0. The van der Waals surface area contributed by atoms with E-state index in [2.05, 4.69) is 5.32 Å². The molecule has 0 saturated heterocycles. The lowest BCUT2D eigenvalue weighted by Crippen LogP contribution is -2.27. The van der Waals surface area contributed by atoms with Crippen LogP contribution in [0, 0.1) is 13.7 Å². The van der Waals surface area contributed by atoms with Crippen molar-refractivity contribution in [3.63, 3.8) is 0 Å². The zero-order valence-corrected chi connectivity index (χ0v) is 18.1. The van der Waals surface area contributed by atoms with Crippen molar-refractivity contribution >= 4 is 28.3 Å². The van der Waals surface area contributed by atoms with Crippen LogP contribution in [0.25, 0.3) is 10.8 Å². The SMILES string of the molecule is [2H]C([2H])([2H])c1ccc(C(=O)OC([2H])([2H])c2ccc([C@]([2H])(CN)C(=O)Nc3ccc4ccccc4c3)cc2)c(C([2H])([2H])[2H])c1. The number of benzene rings is 4. The summed E-state index contributed by atoms with van der Waals surface area (Å²) in [5, 5.41) is 4.58. The van der Waals surface area contributed by atoms with Gasteiger partial charge in [0.25, 0.3) is 0 Å². The number of nitrogens with two attached hydrogens (primary N) is 1. The number of hydrogen-bond donors (Lipinski definition) is 2. The Bertz CT molecular complexity index is 1670. The highest BCUT2D eigenvalue weighted by atomic mass is 16.5. The number of carbonyl (C=O) groups excluding carboxylic acids is 2. The van der Waals surface area contributed by atoms with Crippen molar-refractivity contribution < 1.29 is 26.7 Å². The van der Waals surface area contributed by atoms with Gasteiger partial charge in [-0.3, -0.25) is 4.79 Å². The van der Waals surface area contributed by atoms with Crippen molar-refractivity contribution in [2.75, 3.05) is 11.9 Å².